The van der Waals surface area contributed by atoms with Gasteiger partial charge < -0.3 is 29.2 Å². The second-order valence-corrected chi connectivity index (χ2v) is 24.8. The molecule has 19 heteroatoms. The monoisotopic (exact) mass is 1050 g/mol. The summed E-state index contributed by atoms with van der Waals surface area (Å²) in [6, 6.07) is 9.37. The minimum Gasteiger partial charge on any atom is -0.390 e. The van der Waals surface area contributed by atoms with Crippen molar-refractivity contribution in [3.63, 3.8) is 0 Å². The lowest BCUT2D eigenvalue weighted by atomic mass is 9.44. The Balaban J connectivity index is 0.000000169. The van der Waals surface area contributed by atoms with E-state index in [1.54, 1.807) is 34.6 Å². The summed E-state index contributed by atoms with van der Waals surface area (Å²) in [5.41, 5.74) is -12.4. The lowest BCUT2D eigenvalue weighted by molar-refractivity contribution is -0.246. The van der Waals surface area contributed by atoms with Crippen LogP contribution in [-0.2, 0) is 38.1 Å². The van der Waals surface area contributed by atoms with Gasteiger partial charge in [-0.25, -0.2) is 22.0 Å². The number of fused-ring (bicyclic) bond motifs is 14. The van der Waals surface area contributed by atoms with Gasteiger partial charge in [-0.05, 0) is 126 Å². The SMILES string of the molecule is CC1(C)O[C@@H]2C[C@H]3[C@@H]4C[C@H](F)C5=CC(=O)C=C[C@]5(C)[C@@]4(F)[C@@H](O)C[C@]3(C)[C@]2(C(=O)SCC#N)O1.C[C@]12C=CC(=O)C=C1[C@@H](F)C[C@H]1[C@@H]3C[C@H]4OC(c5ccc(F)cc5)O[C@@]4(C(=O)SCC#N)[C@@]3(C)C[C@H](O)[C@@]12F. The highest BCUT2D eigenvalue weighted by Gasteiger charge is 2.82. The molecule has 2 aliphatic heterocycles. The van der Waals surface area contributed by atoms with Crippen molar-refractivity contribution in [1.82, 2.24) is 0 Å². The molecule has 73 heavy (non-hydrogen) atoms. The average molecular weight is 1050 g/mol. The molecular weight excluding hydrogens is 996 g/mol. The van der Waals surface area contributed by atoms with Crippen LogP contribution < -0.4 is 0 Å². The van der Waals surface area contributed by atoms with Gasteiger partial charge in [-0.2, -0.15) is 10.5 Å². The van der Waals surface area contributed by atoms with Crippen LogP contribution >= 0.6 is 23.5 Å². The molecule has 8 aliphatic carbocycles. The molecule has 6 saturated carbocycles. The zero-order valence-corrected chi connectivity index (χ0v) is 42.7. The number of aliphatic hydroxyl groups is 2. The number of ketones is 2. The van der Waals surface area contributed by atoms with Crippen molar-refractivity contribution in [3.8, 4) is 12.1 Å². The predicted octanol–water partition coefficient (Wildman–Crippen LogP) is 8.28. The van der Waals surface area contributed by atoms with E-state index in [-0.39, 0.29) is 66.3 Å². The molecule has 2 saturated heterocycles. The standard InChI is InChI=1S/C29H28F3NO5S.C25H29F2NO5S/c1-26-8-7-17(34)11-20(26)21(31)12-19-18-13-23-29(25(36)39-10-9-33,27(18,2)14-22(35)28(19,26)32)38-24(37-23)15-3-5-16(30)6-4-15;1-21(2)32-19-11-14-15-10-17(26)16-9-13(29)5-6-22(16,3)24(15,27)18(30)12-23(14,4)25(19,33-21)20(31)34-8-7-28/h3-8,11,18-19,21-24,35H,10,12-14H2,1-2H3;5-6,9,14-15,17-19,30H,8,10-12H2,1-4H3/t18-,19-,21-,22-,23+,24?,26-,27-,28-,29-;14-,15-,17-,18-,19+,22-,23-,24-,25-/m00/s1. The first-order valence-corrected chi connectivity index (χ1v) is 26.6. The highest BCUT2D eigenvalue weighted by Crippen LogP contribution is 2.75. The van der Waals surface area contributed by atoms with Crippen molar-refractivity contribution >= 4 is 45.3 Å². The number of aliphatic hydroxyl groups excluding tert-OH is 2. The molecule has 8 fully saturated rings. The molecule has 10 aliphatic rings. The molecule has 1 aromatic rings. The Labute approximate surface area is 428 Å². The van der Waals surface area contributed by atoms with E-state index in [1.165, 1.54) is 55.5 Å². The number of nitrogens with zero attached hydrogens (tertiary/aromatic N) is 2. The van der Waals surface area contributed by atoms with Crippen LogP contribution in [-0.4, -0.2) is 109 Å². The van der Waals surface area contributed by atoms with Gasteiger partial charge >= 0.3 is 0 Å². The molecule has 390 valence electrons. The Hall–Kier alpha value is -4.05. The van der Waals surface area contributed by atoms with Crippen molar-refractivity contribution in [1.29, 1.82) is 10.5 Å². The number of benzene rings is 1. The third-order valence-corrected chi connectivity index (χ3v) is 21.0. The lowest BCUT2D eigenvalue weighted by Crippen LogP contribution is -2.70. The molecule has 0 bridgehead atoms. The van der Waals surface area contributed by atoms with Gasteiger partial charge in [0, 0.05) is 39.1 Å². The van der Waals surface area contributed by atoms with E-state index in [9.17, 15) is 33.8 Å². The Morgan fingerprint density at radius 3 is 1.62 bits per heavy atom. The van der Waals surface area contributed by atoms with Crippen LogP contribution in [0.4, 0.5) is 22.0 Å². The number of rotatable bonds is 5. The van der Waals surface area contributed by atoms with Crippen LogP contribution in [0.3, 0.4) is 0 Å². The molecular formula is C54H57F5N2O10S2. The number of ether oxygens (including phenoxy) is 4. The molecule has 0 aromatic heterocycles. The summed E-state index contributed by atoms with van der Waals surface area (Å²) in [6.07, 6.45) is -1.70. The van der Waals surface area contributed by atoms with Crippen LogP contribution in [0.5, 0.6) is 0 Å². The highest BCUT2D eigenvalue weighted by atomic mass is 32.2. The van der Waals surface area contributed by atoms with Crippen molar-refractivity contribution in [2.75, 3.05) is 11.5 Å². The Bertz CT molecular complexity index is 2780. The van der Waals surface area contributed by atoms with Gasteiger partial charge in [-0.15, -0.1) is 0 Å². The van der Waals surface area contributed by atoms with Crippen molar-refractivity contribution < 1.29 is 70.3 Å². The summed E-state index contributed by atoms with van der Waals surface area (Å²) in [5, 5.41) is 40.4. The molecule has 0 radical (unpaired) electrons. The summed E-state index contributed by atoms with van der Waals surface area (Å²) in [7, 11) is 0. The number of thioether (sulfide) groups is 2. The maximum atomic E-state index is 17.5. The number of hydrogen-bond acceptors (Lipinski definition) is 14. The Morgan fingerprint density at radius 2 is 1.14 bits per heavy atom. The highest BCUT2D eigenvalue weighted by molar-refractivity contribution is 8.14. The number of nitriles is 2. The molecule has 19 atom stereocenters. The largest absolute Gasteiger partial charge is 0.390 e. The topological polar surface area (TPSA) is 193 Å². The fourth-order valence-corrected chi connectivity index (χ4v) is 17.8. The second-order valence-electron chi connectivity index (χ2n) is 22.9. The van der Waals surface area contributed by atoms with Gasteiger partial charge in [0.15, 0.2) is 46.2 Å². The van der Waals surface area contributed by atoms with Crippen LogP contribution in [0.1, 0.15) is 91.9 Å². The zero-order chi connectivity index (χ0) is 52.9. The molecule has 0 amide bonds. The normalized spacial score (nSPS) is 48.1. The molecule has 1 unspecified atom stereocenters. The van der Waals surface area contributed by atoms with Crippen molar-refractivity contribution in [3.05, 3.63) is 83.2 Å². The predicted molar refractivity (Wildman–Crippen MR) is 255 cm³/mol. The quantitative estimate of drug-likeness (QED) is 0.268. The molecule has 12 nitrogen and oxygen atoms in total. The van der Waals surface area contributed by atoms with Crippen LogP contribution in [0.15, 0.2) is 71.9 Å². The van der Waals surface area contributed by atoms with Crippen LogP contribution in [0.2, 0.25) is 0 Å². The molecule has 11 rings (SSSR count). The van der Waals surface area contributed by atoms with Crippen molar-refractivity contribution in [2.24, 2.45) is 45.3 Å². The third kappa shape index (κ3) is 6.83. The molecule has 2 N–H and O–H groups in total. The van der Waals surface area contributed by atoms with Crippen LogP contribution in [0.25, 0.3) is 0 Å². The number of hydrogen-bond donors (Lipinski definition) is 2. The first-order chi connectivity index (χ1) is 34.2. The maximum Gasteiger partial charge on any atom is 0.225 e. The number of carbonyl (C=O) groups is 4. The summed E-state index contributed by atoms with van der Waals surface area (Å²) < 4.78 is 105. The smallest absolute Gasteiger partial charge is 0.225 e. The van der Waals surface area contributed by atoms with Crippen molar-refractivity contribution in [2.45, 2.75) is 151 Å². The minimum absolute atomic E-state index is 0.0221. The molecule has 2 heterocycles. The third-order valence-electron chi connectivity index (χ3n) is 19.3. The van der Waals surface area contributed by atoms with E-state index in [1.807, 2.05) is 12.1 Å². The van der Waals surface area contributed by atoms with Gasteiger partial charge in [-0.3, -0.25) is 19.2 Å². The van der Waals surface area contributed by atoms with E-state index in [0.29, 0.717) is 5.56 Å². The van der Waals surface area contributed by atoms with Gasteiger partial charge in [0.1, 0.15) is 18.2 Å². The fourth-order valence-electron chi connectivity index (χ4n) is 16.1. The number of halogens is 5. The number of allylic oxidation sites excluding steroid dienone is 8. The summed E-state index contributed by atoms with van der Waals surface area (Å²) in [5.74, 6) is -5.64. The lowest BCUT2D eigenvalue weighted by Gasteiger charge is -2.63. The first-order valence-electron chi connectivity index (χ1n) is 24.7. The van der Waals surface area contributed by atoms with E-state index in [0.717, 1.165) is 35.7 Å². The number of alkyl halides is 4. The maximum absolute atomic E-state index is 17.5. The van der Waals surface area contributed by atoms with E-state index >= 15 is 17.6 Å². The van der Waals surface area contributed by atoms with Gasteiger partial charge in [0.2, 0.25) is 10.2 Å². The van der Waals surface area contributed by atoms with Gasteiger partial charge in [0.05, 0.1) is 48.1 Å². The summed E-state index contributed by atoms with van der Waals surface area (Å²) >= 11 is 1.60. The fraction of sp³-hybridized carbons (Fsp3) is 0.630. The zero-order valence-electron chi connectivity index (χ0n) is 41.0. The van der Waals surface area contributed by atoms with Gasteiger partial charge in [0.25, 0.3) is 0 Å². The average Bonchev–Trinajstić information content (AvgIpc) is 4.00. The molecule has 0 spiro atoms. The number of carbonyl (C=O) groups excluding carboxylic acids is 4. The second kappa shape index (κ2) is 17.2. The summed E-state index contributed by atoms with van der Waals surface area (Å²) in [4.78, 5) is 51.5. The van der Waals surface area contributed by atoms with E-state index in [4.69, 9.17) is 29.5 Å². The van der Waals surface area contributed by atoms with Crippen LogP contribution in [0, 0.1) is 73.8 Å². The first kappa shape index (κ1) is 52.4. The summed E-state index contributed by atoms with van der Waals surface area (Å²) in [6.45, 7) is 10.0. The Morgan fingerprint density at radius 1 is 0.685 bits per heavy atom. The van der Waals surface area contributed by atoms with E-state index < -0.39 is 139 Å². The minimum atomic E-state index is -2.30. The van der Waals surface area contributed by atoms with E-state index in [2.05, 4.69) is 0 Å². The Kier molecular flexibility index (Phi) is 12.4. The molecule has 1 aromatic carbocycles. The van der Waals surface area contributed by atoms with Gasteiger partial charge in [-0.1, -0.05) is 61.7 Å².